The van der Waals surface area contributed by atoms with Gasteiger partial charge in [-0.15, -0.1) is 0 Å². The van der Waals surface area contributed by atoms with Crippen LogP contribution in [-0.4, -0.2) is 18.8 Å². The summed E-state index contributed by atoms with van der Waals surface area (Å²) in [6.45, 7) is 1.19. The highest BCUT2D eigenvalue weighted by Gasteiger charge is 2.27. The lowest BCUT2D eigenvalue weighted by Gasteiger charge is -2.21. The van der Waals surface area contributed by atoms with Crippen molar-refractivity contribution in [3.63, 3.8) is 0 Å². The third-order valence-electron chi connectivity index (χ3n) is 2.13. The Morgan fingerprint density at radius 2 is 2.21 bits per heavy atom. The van der Waals surface area contributed by atoms with Gasteiger partial charge in [-0.1, -0.05) is 0 Å². The number of ether oxygens (including phenoxy) is 1. The molecule has 78 valence electrons. The van der Waals surface area contributed by atoms with Crippen LogP contribution in [-0.2, 0) is 5.67 Å². The van der Waals surface area contributed by atoms with Gasteiger partial charge in [0.1, 0.15) is 17.2 Å². The molecule has 0 bridgehead atoms. The minimum Gasteiger partial charge on any atom is -0.508 e. The zero-order valence-corrected chi connectivity index (χ0v) is 8.25. The predicted molar refractivity (Wildman–Crippen MR) is 52.2 cm³/mol. The minimum absolute atomic E-state index is 0.00174. The average Bonchev–Trinajstić information content (AvgIpc) is 2.18. The van der Waals surface area contributed by atoms with E-state index in [0.717, 1.165) is 0 Å². The Balaban J connectivity index is 3.23. The Morgan fingerprint density at radius 1 is 1.57 bits per heavy atom. The van der Waals surface area contributed by atoms with E-state index >= 15 is 0 Å². The molecule has 0 saturated heterocycles. The number of methoxy groups -OCH3 is 1. The lowest BCUT2D eigenvalue weighted by molar-refractivity contribution is 0.196. The van der Waals surface area contributed by atoms with Gasteiger partial charge >= 0.3 is 0 Å². The van der Waals surface area contributed by atoms with Crippen LogP contribution in [0.3, 0.4) is 0 Å². The quantitative estimate of drug-likeness (QED) is 0.776. The van der Waals surface area contributed by atoms with E-state index in [-0.39, 0.29) is 17.9 Å². The van der Waals surface area contributed by atoms with Crippen molar-refractivity contribution in [1.82, 2.24) is 0 Å². The Bertz CT molecular complexity index is 326. The van der Waals surface area contributed by atoms with Crippen LogP contribution in [0.4, 0.5) is 4.39 Å². The molecule has 14 heavy (non-hydrogen) atoms. The first-order chi connectivity index (χ1) is 6.51. The van der Waals surface area contributed by atoms with Crippen molar-refractivity contribution in [3.8, 4) is 11.5 Å². The van der Waals surface area contributed by atoms with E-state index < -0.39 is 5.67 Å². The first kappa shape index (κ1) is 10.8. The van der Waals surface area contributed by atoms with Gasteiger partial charge in [0, 0.05) is 12.1 Å². The highest BCUT2D eigenvalue weighted by atomic mass is 19.1. The Kier molecular flexibility index (Phi) is 2.96. The van der Waals surface area contributed by atoms with E-state index in [0.29, 0.717) is 5.75 Å². The third kappa shape index (κ3) is 1.96. The molecule has 0 aliphatic carbocycles. The van der Waals surface area contributed by atoms with E-state index in [2.05, 4.69) is 0 Å². The summed E-state index contributed by atoms with van der Waals surface area (Å²) in [5, 5.41) is 9.23. The van der Waals surface area contributed by atoms with Gasteiger partial charge in [0.2, 0.25) is 0 Å². The smallest absolute Gasteiger partial charge is 0.149 e. The highest BCUT2D eigenvalue weighted by molar-refractivity contribution is 5.43. The highest BCUT2D eigenvalue weighted by Crippen LogP contribution is 2.34. The SMILES string of the molecule is COc1ccc(O)cc1C(C)(F)CN. The van der Waals surface area contributed by atoms with Gasteiger partial charge in [-0.05, 0) is 25.1 Å². The van der Waals surface area contributed by atoms with Gasteiger partial charge in [0.25, 0.3) is 0 Å². The van der Waals surface area contributed by atoms with E-state index in [9.17, 15) is 9.50 Å². The summed E-state index contributed by atoms with van der Waals surface area (Å²) >= 11 is 0. The molecule has 1 aromatic rings. The average molecular weight is 199 g/mol. The summed E-state index contributed by atoms with van der Waals surface area (Å²) in [4.78, 5) is 0. The minimum atomic E-state index is -1.69. The second kappa shape index (κ2) is 3.84. The molecular weight excluding hydrogens is 185 g/mol. The van der Waals surface area contributed by atoms with Gasteiger partial charge in [0.15, 0.2) is 0 Å². The van der Waals surface area contributed by atoms with Crippen LogP contribution in [0.2, 0.25) is 0 Å². The van der Waals surface area contributed by atoms with Gasteiger partial charge in [-0.25, -0.2) is 4.39 Å². The molecule has 1 aromatic carbocycles. The molecule has 0 saturated carbocycles. The van der Waals surface area contributed by atoms with Crippen LogP contribution in [0.15, 0.2) is 18.2 Å². The summed E-state index contributed by atoms with van der Waals surface area (Å²) in [5.41, 5.74) is 3.88. The first-order valence-corrected chi connectivity index (χ1v) is 4.27. The second-order valence-corrected chi connectivity index (χ2v) is 3.29. The largest absolute Gasteiger partial charge is 0.508 e. The molecule has 0 aliphatic rings. The van der Waals surface area contributed by atoms with E-state index in [1.54, 1.807) is 0 Å². The first-order valence-electron chi connectivity index (χ1n) is 4.27. The fourth-order valence-corrected chi connectivity index (χ4v) is 1.21. The number of rotatable bonds is 3. The van der Waals surface area contributed by atoms with Crippen LogP contribution in [0.5, 0.6) is 11.5 Å². The molecule has 1 rings (SSSR count). The number of aromatic hydroxyl groups is 1. The molecule has 4 heteroatoms. The molecule has 1 unspecified atom stereocenters. The Hall–Kier alpha value is -1.29. The lowest BCUT2D eigenvalue weighted by Crippen LogP contribution is -2.27. The van der Waals surface area contributed by atoms with E-state index in [4.69, 9.17) is 10.5 Å². The maximum Gasteiger partial charge on any atom is 0.149 e. The zero-order chi connectivity index (χ0) is 10.8. The molecule has 1 atom stereocenters. The number of benzene rings is 1. The van der Waals surface area contributed by atoms with Crippen LogP contribution in [0, 0.1) is 0 Å². The predicted octanol–water partition coefficient (Wildman–Crippen LogP) is 1.54. The number of nitrogens with two attached hydrogens (primary N) is 1. The van der Waals surface area contributed by atoms with Gasteiger partial charge in [0.05, 0.1) is 7.11 Å². The fraction of sp³-hybridized carbons (Fsp3) is 0.400. The zero-order valence-electron chi connectivity index (χ0n) is 8.25. The van der Waals surface area contributed by atoms with Crippen LogP contribution in [0.25, 0.3) is 0 Å². The van der Waals surface area contributed by atoms with Crippen molar-refractivity contribution in [1.29, 1.82) is 0 Å². The monoisotopic (exact) mass is 199 g/mol. The molecule has 0 aliphatic heterocycles. The van der Waals surface area contributed by atoms with E-state index in [1.165, 1.54) is 32.2 Å². The molecule has 0 radical (unpaired) electrons. The number of hydrogen-bond donors (Lipinski definition) is 2. The second-order valence-electron chi connectivity index (χ2n) is 3.29. The number of hydrogen-bond acceptors (Lipinski definition) is 3. The summed E-state index contributed by atoms with van der Waals surface area (Å²) in [6.07, 6.45) is 0. The number of phenols is 1. The topological polar surface area (TPSA) is 55.5 Å². The standard InChI is InChI=1S/C10H14FNO2/c1-10(11,6-12)8-5-7(13)3-4-9(8)14-2/h3-5,13H,6,12H2,1-2H3. The molecule has 3 N–H and O–H groups in total. The normalized spacial score (nSPS) is 14.9. The van der Waals surface area contributed by atoms with Crippen molar-refractivity contribution >= 4 is 0 Å². The summed E-state index contributed by atoms with van der Waals surface area (Å²) in [5.74, 6) is 0.386. The maximum absolute atomic E-state index is 13.9. The van der Waals surface area contributed by atoms with Gasteiger partial charge in [-0.2, -0.15) is 0 Å². The maximum atomic E-state index is 13.9. The van der Waals surface area contributed by atoms with Crippen LogP contribution < -0.4 is 10.5 Å². The Labute approximate surface area is 82.3 Å². The third-order valence-corrected chi connectivity index (χ3v) is 2.13. The van der Waals surface area contributed by atoms with Gasteiger partial charge < -0.3 is 15.6 Å². The molecule has 0 amide bonds. The summed E-state index contributed by atoms with van der Waals surface area (Å²) in [7, 11) is 1.45. The molecule has 0 aromatic heterocycles. The van der Waals surface area contributed by atoms with Crippen LogP contribution >= 0.6 is 0 Å². The molecule has 0 spiro atoms. The molecule has 3 nitrogen and oxygen atoms in total. The van der Waals surface area contributed by atoms with Crippen molar-refractivity contribution < 1.29 is 14.2 Å². The molecule has 0 heterocycles. The fourth-order valence-electron chi connectivity index (χ4n) is 1.21. The number of phenolic OH excluding ortho intramolecular Hbond substituents is 1. The van der Waals surface area contributed by atoms with Crippen molar-refractivity contribution in [3.05, 3.63) is 23.8 Å². The van der Waals surface area contributed by atoms with Crippen molar-refractivity contribution in [2.45, 2.75) is 12.6 Å². The van der Waals surface area contributed by atoms with Crippen molar-refractivity contribution in [2.24, 2.45) is 5.73 Å². The molecular formula is C10H14FNO2. The molecule has 0 fully saturated rings. The lowest BCUT2D eigenvalue weighted by atomic mass is 9.97. The summed E-state index contributed by atoms with van der Waals surface area (Å²) < 4.78 is 18.8. The number of alkyl halides is 1. The summed E-state index contributed by atoms with van der Waals surface area (Å²) in [6, 6.07) is 4.28. The van der Waals surface area contributed by atoms with Crippen LogP contribution in [0.1, 0.15) is 12.5 Å². The van der Waals surface area contributed by atoms with Gasteiger partial charge in [-0.3, -0.25) is 0 Å². The van der Waals surface area contributed by atoms with E-state index in [1.807, 2.05) is 0 Å². The number of halogens is 1. The Morgan fingerprint density at radius 3 is 2.71 bits per heavy atom. The van der Waals surface area contributed by atoms with Crippen molar-refractivity contribution in [2.75, 3.05) is 13.7 Å².